The van der Waals surface area contributed by atoms with Crippen molar-refractivity contribution in [2.45, 2.75) is 0 Å². The molecule has 0 unspecified atom stereocenters. The summed E-state index contributed by atoms with van der Waals surface area (Å²) in [6, 6.07) is 29.3. The monoisotopic (exact) mass is 300 g/mol. The average molecular weight is 300 g/mol. The van der Waals surface area contributed by atoms with Gasteiger partial charge in [-0.1, -0.05) is 0 Å². The Morgan fingerprint density at radius 2 is 0.783 bits per heavy atom. The quantitative estimate of drug-likeness (QED) is 0.276. The molecule has 0 spiro atoms. The van der Waals surface area contributed by atoms with Crippen LogP contribution in [0.2, 0.25) is 0 Å². The summed E-state index contributed by atoms with van der Waals surface area (Å²) in [4.78, 5) is 0. The van der Waals surface area contributed by atoms with Gasteiger partial charge in [0.15, 0.2) is 0 Å². The Labute approximate surface area is 152 Å². The molecule has 5 aromatic rings. The Balaban J connectivity index is 1.90. The molecule has 23 heavy (non-hydrogen) atoms. The van der Waals surface area contributed by atoms with Crippen LogP contribution in [-0.4, -0.2) is 27.9 Å². The second-order valence-corrected chi connectivity index (χ2v) is 7.60. The summed E-state index contributed by atoms with van der Waals surface area (Å²) in [6.45, 7) is 0. The van der Waals surface area contributed by atoms with Crippen molar-refractivity contribution < 1.29 is 0 Å². The fourth-order valence-corrected chi connectivity index (χ4v) is 4.04. The topological polar surface area (TPSA) is 0 Å². The third kappa shape index (κ3) is 2.26. The fourth-order valence-electron chi connectivity index (χ4n) is 3.56. The van der Waals surface area contributed by atoms with E-state index in [1.165, 1.54) is 45.9 Å². The molecule has 0 bridgehead atoms. The van der Waals surface area contributed by atoms with E-state index in [9.17, 15) is 0 Å². The SMILES string of the molecule is [Na][c]1ccc2cc3cc4cc5ccccc5cc4cc3cc2c1. The summed E-state index contributed by atoms with van der Waals surface area (Å²) >= 11 is 1.10. The van der Waals surface area contributed by atoms with E-state index >= 15 is 0 Å². The molecule has 1 heteroatoms. The molecular weight excluding hydrogens is 287 g/mol. The van der Waals surface area contributed by atoms with E-state index in [0.717, 1.165) is 27.9 Å². The number of fused-ring (bicyclic) bond motifs is 4. The van der Waals surface area contributed by atoms with E-state index in [1.807, 2.05) is 0 Å². The Hall–Kier alpha value is -1.86. The predicted octanol–water partition coefficient (Wildman–Crippen LogP) is 5.09. The zero-order chi connectivity index (χ0) is 15.4. The minimum absolute atomic E-state index is 1.10. The third-order valence-corrected chi connectivity index (χ3v) is 5.39. The van der Waals surface area contributed by atoms with Crippen molar-refractivity contribution in [3.63, 3.8) is 0 Å². The van der Waals surface area contributed by atoms with E-state index in [2.05, 4.69) is 78.9 Å². The number of rotatable bonds is 0. The van der Waals surface area contributed by atoms with Crippen LogP contribution in [0.5, 0.6) is 0 Å². The van der Waals surface area contributed by atoms with Crippen molar-refractivity contribution >= 4 is 73.8 Å². The molecule has 0 amide bonds. The second kappa shape index (κ2) is 5.07. The van der Waals surface area contributed by atoms with Crippen molar-refractivity contribution in [1.82, 2.24) is 0 Å². The van der Waals surface area contributed by atoms with Gasteiger partial charge in [0.1, 0.15) is 0 Å². The van der Waals surface area contributed by atoms with Gasteiger partial charge in [0.2, 0.25) is 0 Å². The van der Waals surface area contributed by atoms with Gasteiger partial charge in [-0.2, -0.15) is 0 Å². The number of benzene rings is 5. The third-order valence-electron chi connectivity index (χ3n) is 4.77. The van der Waals surface area contributed by atoms with Gasteiger partial charge in [0.25, 0.3) is 0 Å². The molecule has 0 saturated carbocycles. The van der Waals surface area contributed by atoms with Gasteiger partial charge in [0.05, 0.1) is 0 Å². The molecule has 102 valence electrons. The molecule has 0 aliphatic heterocycles. The first-order valence-corrected chi connectivity index (χ1v) is 9.03. The van der Waals surface area contributed by atoms with Crippen LogP contribution in [0.25, 0.3) is 43.1 Å². The first kappa shape index (κ1) is 13.6. The number of hydrogen-bond donors (Lipinski definition) is 0. The minimum atomic E-state index is 1.10. The van der Waals surface area contributed by atoms with Crippen molar-refractivity contribution in [1.29, 1.82) is 0 Å². The van der Waals surface area contributed by atoms with Gasteiger partial charge in [-0.25, -0.2) is 0 Å². The van der Waals surface area contributed by atoms with Crippen LogP contribution in [-0.2, 0) is 0 Å². The van der Waals surface area contributed by atoms with Crippen molar-refractivity contribution in [3.8, 4) is 0 Å². The molecule has 0 radical (unpaired) electrons. The normalized spacial score (nSPS) is 11.7. The van der Waals surface area contributed by atoms with Crippen LogP contribution >= 0.6 is 0 Å². The zero-order valence-electron chi connectivity index (χ0n) is 13.0. The van der Waals surface area contributed by atoms with E-state index in [4.69, 9.17) is 0 Å². The van der Waals surface area contributed by atoms with Gasteiger partial charge in [-0.05, 0) is 0 Å². The summed E-state index contributed by atoms with van der Waals surface area (Å²) < 4.78 is 1.45. The second-order valence-electron chi connectivity index (χ2n) is 6.45. The maximum absolute atomic E-state index is 2.33. The molecule has 0 nitrogen and oxygen atoms in total. The maximum atomic E-state index is 2.33. The van der Waals surface area contributed by atoms with Gasteiger partial charge in [-0.15, -0.1) is 0 Å². The Bertz CT molecular complexity index is 1220. The molecule has 0 aliphatic rings. The molecule has 0 saturated heterocycles. The Kier molecular flexibility index (Phi) is 2.99. The first-order valence-electron chi connectivity index (χ1n) is 8.03. The standard InChI is InChI=1S/C22H13.Na/c1-2-6-16-10-20-14-22-12-18-8-4-3-7-17(18)11-21(22)13-19(20)9-15(16)5-1;/h1-3,5-14H;. The van der Waals surface area contributed by atoms with Crippen LogP contribution < -0.4 is 2.81 Å². The van der Waals surface area contributed by atoms with Gasteiger partial charge >= 0.3 is 153 Å². The molecule has 5 aromatic carbocycles. The fraction of sp³-hybridized carbons (Fsp3) is 0. The van der Waals surface area contributed by atoms with Crippen molar-refractivity contribution in [3.05, 3.63) is 78.9 Å². The molecule has 0 aliphatic carbocycles. The molecule has 0 heterocycles. The van der Waals surface area contributed by atoms with E-state index < -0.39 is 0 Å². The number of hydrogen-bond acceptors (Lipinski definition) is 0. The zero-order valence-corrected chi connectivity index (χ0v) is 15.0. The Morgan fingerprint density at radius 3 is 1.30 bits per heavy atom. The van der Waals surface area contributed by atoms with Crippen LogP contribution in [0.4, 0.5) is 0 Å². The van der Waals surface area contributed by atoms with Crippen LogP contribution in [0.3, 0.4) is 0 Å². The van der Waals surface area contributed by atoms with Gasteiger partial charge in [0, 0.05) is 0 Å². The molecular formula is C22H13Na. The molecule has 5 rings (SSSR count). The van der Waals surface area contributed by atoms with E-state index in [1.54, 1.807) is 0 Å². The van der Waals surface area contributed by atoms with Crippen LogP contribution in [0.1, 0.15) is 0 Å². The van der Waals surface area contributed by atoms with Crippen molar-refractivity contribution in [2.75, 3.05) is 0 Å². The summed E-state index contributed by atoms with van der Waals surface area (Å²) in [5.41, 5.74) is 0. The molecule has 0 aromatic heterocycles. The van der Waals surface area contributed by atoms with Gasteiger partial charge < -0.3 is 0 Å². The molecule has 0 atom stereocenters. The molecule has 0 N–H and O–H groups in total. The summed E-state index contributed by atoms with van der Waals surface area (Å²) in [5, 5.41) is 10.6. The van der Waals surface area contributed by atoms with Crippen LogP contribution in [0, 0.1) is 0 Å². The average Bonchev–Trinajstić information content (AvgIpc) is 2.56. The first-order chi connectivity index (χ1) is 11.3. The Morgan fingerprint density at radius 1 is 0.391 bits per heavy atom. The van der Waals surface area contributed by atoms with E-state index in [0.29, 0.717) is 0 Å². The van der Waals surface area contributed by atoms with Crippen molar-refractivity contribution in [2.24, 2.45) is 0 Å². The summed E-state index contributed by atoms with van der Waals surface area (Å²) in [7, 11) is 0. The summed E-state index contributed by atoms with van der Waals surface area (Å²) in [5.74, 6) is 0. The van der Waals surface area contributed by atoms with Crippen LogP contribution in [0.15, 0.2) is 78.9 Å². The molecule has 0 fully saturated rings. The van der Waals surface area contributed by atoms with Gasteiger partial charge in [-0.3, -0.25) is 0 Å². The predicted molar refractivity (Wildman–Crippen MR) is 102 cm³/mol. The summed E-state index contributed by atoms with van der Waals surface area (Å²) in [6.07, 6.45) is 0. The van der Waals surface area contributed by atoms with E-state index in [-0.39, 0.29) is 0 Å².